The maximum absolute atomic E-state index is 11.6. The Morgan fingerprint density at radius 3 is 2.94 bits per heavy atom. The normalized spacial score (nSPS) is 16.5. The van der Waals surface area contributed by atoms with Crippen molar-refractivity contribution in [2.24, 2.45) is 5.92 Å². The van der Waals surface area contributed by atoms with Gasteiger partial charge in [0.15, 0.2) is 0 Å². The molecule has 1 aliphatic carbocycles. The average Bonchev–Trinajstić information content (AvgIpc) is 3.02. The first kappa shape index (κ1) is 12.1. The van der Waals surface area contributed by atoms with Gasteiger partial charge in [0.1, 0.15) is 5.69 Å². The molecule has 0 bridgehead atoms. The van der Waals surface area contributed by atoms with E-state index >= 15 is 0 Å². The van der Waals surface area contributed by atoms with Gasteiger partial charge in [0.05, 0.1) is 11.1 Å². The molecular formula is C10H12BrN3O3. The number of halogens is 1. The van der Waals surface area contributed by atoms with E-state index in [1.165, 1.54) is 25.1 Å². The van der Waals surface area contributed by atoms with Crippen molar-refractivity contribution in [3.8, 4) is 0 Å². The van der Waals surface area contributed by atoms with Crippen molar-refractivity contribution in [3.05, 3.63) is 28.1 Å². The number of amides is 1. The summed E-state index contributed by atoms with van der Waals surface area (Å²) in [4.78, 5) is 24.4. The van der Waals surface area contributed by atoms with E-state index in [0.29, 0.717) is 12.5 Å². The van der Waals surface area contributed by atoms with Crippen molar-refractivity contribution in [2.45, 2.75) is 17.7 Å². The molecule has 0 aliphatic heterocycles. The molecular weight excluding hydrogens is 290 g/mol. The number of rotatable bonds is 5. The zero-order valence-corrected chi connectivity index (χ0v) is 10.6. The van der Waals surface area contributed by atoms with Gasteiger partial charge in [-0.15, -0.1) is 0 Å². The van der Waals surface area contributed by atoms with E-state index in [2.05, 4.69) is 26.2 Å². The van der Waals surface area contributed by atoms with Crippen LogP contribution in [0.3, 0.4) is 0 Å². The van der Waals surface area contributed by atoms with E-state index in [0.717, 1.165) is 0 Å². The van der Waals surface area contributed by atoms with Crippen molar-refractivity contribution >= 4 is 27.5 Å². The molecule has 17 heavy (non-hydrogen) atoms. The number of nitrogens with zero attached hydrogens (tertiary/aromatic N) is 1. The molecule has 0 saturated heterocycles. The van der Waals surface area contributed by atoms with Crippen molar-refractivity contribution in [1.82, 2.24) is 10.3 Å². The van der Waals surface area contributed by atoms with Crippen LogP contribution in [0, 0.1) is 16.0 Å². The van der Waals surface area contributed by atoms with Crippen LogP contribution in [0.15, 0.2) is 12.3 Å². The lowest BCUT2D eigenvalue weighted by Gasteiger charge is -2.08. The van der Waals surface area contributed by atoms with Crippen LogP contribution < -0.4 is 5.32 Å². The summed E-state index contributed by atoms with van der Waals surface area (Å²) in [6, 6.07) is 1.23. The Labute approximate surface area is 106 Å². The monoisotopic (exact) mass is 301 g/mol. The highest BCUT2D eigenvalue weighted by Crippen LogP contribution is 2.36. The zero-order valence-electron chi connectivity index (χ0n) is 8.98. The minimum absolute atomic E-state index is 0.104. The Hall–Kier alpha value is -1.37. The predicted molar refractivity (Wildman–Crippen MR) is 65.2 cm³/mol. The standard InChI is InChI=1S/C10H12BrN3O3/c11-8(6-1-2-6)5-13-10(15)9-3-7(4-12-9)14(16)17/h3-4,6,8,12H,1-2,5H2,(H,13,15). The minimum Gasteiger partial charge on any atom is -0.351 e. The van der Waals surface area contributed by atoms with Crippen LogP contribution in [-0.2, 0) is 0 Å². The first-order chi connectivity index (χ1) is 8.08. The highest BCUT2D eigenvalue weighted by atomic mass is 79.9. The number of hydrogen-bond acceptors (Lipinski definition) is 3. The topological polar surface area (TPSA) is 88.0 Å². The van der Waals surface area contributed by atoms with Crippen LogP contribution >= 0.6 is 15.9 Å². The van der Waals surface area contributed by atoms with Crippen molar-refractivity contribution in [1.29, 1.82) is 0 Å². The van der Waals surface area contributed by atoms with Gasteiger partial charge in [-0.2, -0.15) is 0 Å². The third-order valence-corrected chi connectivity index (χ3v) is 3.79. The maximum atomic E-state index is 11.6. The van der Waals surface area contributed by atoms with Gasteiger partial charge >= 0.3 is 0 Å². The molecule has 0 spiro atoms. The van der Waals surface area contributed by atoms with Crippen LogP contribution in [-0.4, -0.2) is 27.2 Å². The van der Waals surface area contributed by atoms with E-state index in [9.17, 15) is 14.9 Å². The summed E-state index contributed by atoms with van der Waals surface area (Å²) >= 11 is 3.50. The Balaban J connectivity index is 1.87. The highest BCUT2D eigenvalue weighted by Gasteiger charge is 2.29. The van der Waals surface area contributed by atoms with E-state index in [1.807, 2.05) is 0 Å². The lowest BCUT2D eigenvalue weighted by molar-refractivity contribution is -0.384. The summed E-state index contributed by atoms with van der Waals surface area (Å²) in [5, 5.41) is 13.2. The van der Waals surface area contributed by atoms with Crippen molar-refractivity contribution < 1.29 is 9.72 Å². The van der Waals surface area contributed by atoms with Crippen LogP contribution in [0.4, 0.5) is 5.69 Å². The van der Waals surface area contributed by atoms with E-state index in [-0.39, 0.29) is 22.1 Å². The van der Waals surface area contributed by atoms with Gasteiger partial charge in [-0.05, 0) is 18.8 Å². The van der Waals surface area contributed by atoms with Crippen LogP contribution in [0.25, 0.3) is 0 Å². The zero-order chi connectivity index (χ0) is 12.4. The molecule has 1 atom stereocenters. The molecule has 1 unspecified atom stereocenters. The fourth-order valence-electron chi connectivity index (χ4n) is 1.53. The Morgan fingerprint density at radius 2 is 2.41 bits per heavy atom. The molecule has 7 heteroatoms. The lowest BCUT2D eigenvalue weighted by Crippen LogP contribution is -2.30. The molecule has 1 aromatic rings. The molecule has 92 valence electrons. The summed E-state index contributed by atoms with van der Waals surface area (Å²) < 4.78 is 0. The fourth-order valence-corrected chi connectivity index (χ4v) is 2.22. The van der Waals surface area contributed by atoms with Crippen LogP contribution in [0.1, 0.15) is 23.3 Å². The van der Waals surface area contributed by atoms with Gasteiger partial charge in [-0.25, -0.2) is 0 Å². The third kappa shape index (κ3) is 3.06. The number of alkyl halides is 1. The Bertz CT molecular complexity index is 442. The van der Waals surface area contributed by atoms with Gasteiger partial charge in [-0.1, -0.05) is 15.9 Å². The second kappa shape index (κ2) is 4.87. The molecule has 0 aromatic carbocycles. The second-order valence-corrected chi connectivity index (χ2v) is 5.27. The first-order valence-electron chi connectivity index (χ1n) is 5.33. The molecule has 6 nitrogen and oxygen atoms in total. The van der Waals surface area contributed by atoms with Crippen molar-refractivity contribution in [3.63, 3.8) is 0 Å². The predicted octanol–water partition coefficient (Wildman–Crippen LogP) is 1.83. The summed E-state index contributed by atoms with van der Waals surface area (Å²) in [6.45, 7) is 0.538. The lowest BCUT2D eigenvalue weighted by atomic mass is 10.3. The molecule has 1 saturated carbocycles. The number of nitrogens with one attached hydrogen (secondary N) is 2. The number of H-pyrrole nitrogens is 1. The molecule has 1 aromatic heterocycles. The van der Waals surface area contributed by atoms with Gasteiger partial charge in [0, 0.05) is 17.4 Å². The number of aromatic amines is 1. The molecule has 1 fully saturated rings. The van der Waals surface area contributed by atoms with Gasteiger partial charge in [0.2, 0.25) is 0 Å². The average molecular weight is 302 g/mol. The van der Waals surface area contributed by atoms with E-state index in [4.69, 9.17) is 0 Å². The smallest absolute Gasteiger partial charge is 0.287 e. The summed E-state index contributed by atoms with van der Waals surface area (Å²) in [7, 11) is 0. The molecule has 2 N–H and O–H groups in total. The summed E-state index contributed by atoms with van der Waals surface area (Å²) in [5.74, 6) is 0.330. The fraction of sp³-hybridized carbons (Fsp3) is 0.500. The van der Waals surface area contributed by atoms with Crippen LogP contribution in [0.5, 0.6) is 0 Å². The van der Waals surface area contributed by atoms with Gasteiger partial charge in [-0.3, -0.25) is 14.9 Å². The van der Waals surface area contributed by atoms with Crippen LogP contribution in [0.2, 0.25) is 0 Å². The SMILES string of the molecule is O=C(NCC(Br)C1CC1)c1cc([N+](=O)[O-])c[nH]1. The molecule has 1 heterocycles. The largest absolute Gasteiger partial charge is 0.351 e. The third-order valence-electron chi connectivity index (χ3n) is 2.71. The van der Waals surface area contributed by atoms with E-state index < -0.39 is 4.92 Å². The number of carbonyl (C=O) groups is 1. The minimum atomic E-state index is -0.537. The Kier molecular flexibility index (Phi) is 3.46. The quantitative estimate of drug-likeness (QED) is 0.494. The molecule has 1 aliphatic rings. The summed E-state index contributed by atoms with van der Waals surface area (Å²) in [5.41, 5.74) is 0.111. The number of hydrogen-bond donors (Lipinski definition) is 2. The highest BCUT2D eigenvalue weighted by molar-refractivity contribution is 9.09. The number of aromatic nitrogens is 1. The van der Waals surface area contributed by atoms with Crippen molar-refractivity contribution in [2.75, 3.05) is 6.54 Å². The number of carbonyl (C=O) groups excluding carboxylic acids is 1. The van der Waals surface area contributed by atoms with E-state index in [1.54, 1.807) is 0 Å². The molecule has 1 amide bonds. The maximum Gasteiger partial charge on any atom is 0.287 e. The van der Waals surface area contributed by atoms with Gasteiger partial charge < -0.3 is 10.3 Å². The van der Waals surface area contributed by atoms with Gasteiger partial charge in [0.25, 0.3) is 11.6 Å². The summed E-state index contributed by atoms with van der Waals surface area (Å²) in [6.07, 6.45) is 3.60. The second-order valence-electron chi connectivity index (χ2n) is 4.09. The first-order valence-corrected chi connectivity index (χ1v) is 6.24. The number of nitro groups is 1. The molecule has 0 radical (unpaired) electrons. The Morgan fingerprint density at radius 1 is 1.71 bits per heavy atom. The molecule has 2 rings (SSSR count).